The summed E-state index contributed by atoms with van der Waals surface area (Å²) >= 11 is 0. The van der Waals surface area contributed by atoms with Gasteiger partial charge in [0.2, 0.25) is 0 Å². The highest BCUT2D eigenvalue weighted by atomic mass is 16.4. The van der Waals surface area contributed by atoms with Gasteiger partial charge in [-0.2, -0.15) is 0 Å². The van der Waals surface area contributed by atoms with Crippen molar-refractivity contribution in [3.05, 3.63) is 48.0 Å². The van der Waals surface area contributed by atoms with E-state index in [-0.39, 0.29) is 0 Å². The van der Waals surface area contributed by atoms with Crippen LogP contribution < -0.4 is 0 Å². The fourth-order valence-corrected chi connectivity index (χ4v) is 2.94. The molecule has 0 heterocycles. The molecule has 1 aromatic rings. The third kappa shape index (κ3) is 5.30. The Morgan fingerprint density at radius 2 is 1.64 bits per heavy atom. The van der Waals surface area contributed by atoms with Gasteiger partial charge in [-0.05, 0) is 36.7 Å². The molecule has 0 aliphatic rings. The minimum atomic E-state index is -1.41. The lowest BCUT2D eigenvalue weighted by molar-refractivity contribution is -0.146. The summed E-state index contributed by atoms with van der Waals surface area (Å²) < 4.78 is 0. The number of aliphatic carboxylic acids is 1. The highest BCUT2D eigenvalue weighted by molar-refractivity contribution is 5.73. The van der Waals surface area contributed by atoms with Crippen LogP contribution in [0.2, 0.25) is 0 Å². The van der Waals surface area contributed by atoms with Gasteiger partial charge in [0.1, 0.15) is 0 Å². The molecule has 2 N–H and O–H groups in total. The first-order valence-electron chi connectivity index (χ1n) is 7.84. The van der Waals surface area contributed by atoms with E-state index in [9.17, 15) is 4.79 Å². The fourth-order valence-electron chi connectivity index (χ4n) is 2.94. The van der Waals surface area contributed by atoms with E-state index in [1.165, 1.54) is 18.4 Å². The Labute approximate surface area is 134 Å². The molecule has 0 fully saturated rings. The van der Waals surface area contributed by atoms with Crippen LogP contribution in [0.3, 0.4) is 0 Å². The van der Waals surface area contributed by atoms with Crippen LogP contribution in [0.5, 0.6) is 0 Å². The first-order chi connectivity index (χ1) is 10.2. The maximum Gasteiger partial charge on any atom is 0.337 e. The average molecular weight is 306 g/mol. The third-order valence-electron chi connectivity index (χ3n) is 4.57. The second-order valence-electron chi connectivity index (χ2n) is 5.95. The number of aliphatic hydroxyl groups is 1. The normalized spacial score (nSPS) is 12.3. The van der Waals surface area contributed by atoms with Crippen molar-refractivity contribution in [1.29, 1.82) is 0 Å². The molecule has 1 rings (SSSR count). The van der Waals surface area contributed by atoms with Crippen molar-refractivity contribution in [2.45, 2.75) is 53.6 Å². The molecule has 0 aliphatic carbocycles. The van der Waals surface area contributed by atoms with Gasteiger partial charge in [-0.3, -0.25) is 0 Å². The smallest absolute Gasteiger partial charge is 0.337 e. The number of aliphatic hydroxyl groups excluding tert-OH is 1. The van der Waals surface area contributed by atoms with E-state index < -0.39 is 12.1 Å². The zero-order valence-electron chi connectivity index (χ0n) is 14.5. The maximum atomic E-state index is 10.2. The molecule has 3 heteroatoms. The Bertz CT molecular complexity index is 459. The molecule has 0 radical (unpaired) electrons. The topological polar surface area (TPSA) is 57.5 Å². The van der Waals surface area contributed by atoms with Gasteiger partial charge in [-0.25, -0.2) is 4.79 Å². The van der Waals surface area contributed by atoms with Gasteiger partial charge in [0, 0.05) is 0 Å². The number of benzene rings is 1. The molecule has 0 saturated heterocycles. The number of carbonyl (C=O) groups is 1. The highest BCUT2D eigenvalue weighted by Gasteiger charge is 2.30. The zero-order chi connectivity index (χ0) is 17.3. The zero-order valence-corrected chi connectivity index (χ0v) is 14.5. The molecule has 0 bridgehead atoms. The molecule has 22 heavy (non-hydrogen) atoms. The molecule has 0 aromatic heterocycles. The summed E-state index contributed by atoms with van der Waals surface area (Å²) in [5.41, 5.74) is 2.14. The molecule has 0 saturated carbocycles. The monoisotopic (exact) mass is 306 g/mol. The lowest BCUT2D eigenvalue weighted by Gasteiger charge is -2.36. The van der Waals surface area contributed by atoms with Gasteiger partial charge >= 0.3 is 5.97 Å². The second-order valence-corrected chi connectivity index (χ2v) is 5.95. The van der Waals surface area contributed by atoms with Crippen molar-refractivity contribution in [3.63, 3.8) is 0 Å². The first kappa shape index (κ1) is 20.4. The van der Waals surface area contributed by atoms with E-state index in [4.69, 9.17) is 10.2 Å². The van der Waals surface area contributed by atoms with Crippen LogP contribution in [-0.4, -0.2) is 16.2 Å². The number of carboxylic acid groups (broad SMARTS) is 1. The Morgan fingerprint density at radius 3 is 1.86 bits per heavy atom. The molecule has 0 amide bonds. The lowest BCUT2D eigenvalue weighted by Crippen LogP contribution is -2.26. The van der Waals surface area contributed by atoms with Crippen molar-refractivity contribution >= 4 is 5.97 Å². The number of allylic oxidation sites excluding steroid dienone is 1. The van der Waals surface area contributed by atoms with E-state index in [0.29, 0.717) is 11.0 Å². The van der Waals surface area contributed by atoms with Crippen LogP contribution in [0.15, 0.2) is 42.5 Å². The summed E-state index contributed by atoms with van der Waals surface area (Å²) in [4.78, 5) is 10.2. The molecule has 3 nitrogen and oxygen atoms in total. The summed E-state index contributed by atoms with van der Waals surface area (Å²) in [6.07, 6.45) is 1.03. The van der Waals surface area contributed by atoms with Gasteiger partial charge in [-0.15, -0.1) is 0 Å². The van der Waals surface area contributed by atoms with Crippen molar-refractivity contribution in [1.82, 2.24) is 0 Å². The SMILES string of the molecule is C=C(C)C(CC)(CC)C(C)C.O=C(O)[C@@H](O)c1ccccc1. The van der Waals surface area contributed by atoms with Gasteiger partial charge < -0.3 is 10.2 Å². The summed E-state index contributed by atoms with van der Waals surface area (Å²) in [6, 6.07) is 8.26. The second kappa shape index (κ2) is 9.42. The molecule has 1 aromatic carbocycles. The van der Waals surface area contributed by atoms with E-state index in [1.807, 2.05) is 0 Å². The predicted molar refractivity (Wildman–Crippen MR) is 91.7 cm³/mol. The Kier molecular flexibility index (Phi) is 8.73. The van der Waals surface area contributed by atoms with Gasteiger partial charge in [-0.1, -0.05) is 70.2 Å². The number of hydrogen-bond acceptors (Lipinski definition) is 2. The van der Waals surface area contributed by atoms with Crippen LogP contribution >= 0.6 is 0 Å². The van der Waals surface area contributed by atoms with Crippen molar-refractivity contribution in [2.75, 3.05) is 0 Å². The van der Waals surface area contributed by atoms with E-state index >= 15 is 0 Å². The highest BCUT2D eigenvalue weighted by Crippen LogP contribution is 2.40. The Morgan fingerprint density at radius 1 is 1.18 bits per heavy atom. The van der Waals surface area contributed by atoms with Crippen LogP contribution in [0, 0.1) is 11.3 Å². The first-order valence-corrected chi connectivity index (χ1v) is 7.84. The minimum absolute atomic E-state index is 0.389. The van der Waals surface area contributed by atoms with Crippen LogP contribution in [0.4, 0.5) is 0 Å². The summed E-state index contributed by atoms with van der Waals surface area (Å²) in [7, 11) is 0. The summed E-state index contributed by atoms with van der Waals surface area (Å²) in [6.45, 7) is 15.4. The van der Waals surface area contributed by atoms with Crippen LogP contribution in [-0.2, 0) is 4.79 Å². The van der Waals surface area contributed by atoms with E-state index in [2.05, 4.69) is 41.2 Å². The largest absolute Gasteiger partial charge is 0.479 e. The van der Waals surface area contributed by atoms with Crippen LogP contribution in [0.1, 0.15) is 59.1 Å². The summed E-state index contributed by atoms with van der Waals surface area (Å²) in [5, 5.41) is 17.4. The van der Waals surface area contributed by atoms with Crippen molar-refractivity contribution in [3.8, 4) is 0 Å². The molecule has 0 spiro atoms. The van der Waals surface area contributed by atoms with Gasteiger partial charge in [0.05, 0.1) is 0 Å². The Hall–Kier alpha value is -1.61. The summed E-state index contributed by atoms with van der Waals surface area (Å²) in [5.74, 6) is -0.508. The van der Waals surface area contributed by atoms with Gasteiger partial charge in [0.15, 0.2) is 6.10 Å². The molecule has 0 aliphatic heterocycles. The van der Waals surface area contributed by atoms with Crippen molar-refractivity contribution in [2.24, 2.45) is 11.3 Å². The molecular formula is C19H30O3. The van der Waals surface area contributed by atoms with E-state index in [1.54, 1.807) is 30.3 Å². The molecular weight excluding hydrogens is 276 g/mol. The quantitative estimate of drug-likeness (QED) is 0.740. The number of rotatable bonds is 6. The fraction of sp³-hybridized carbons (Fsp3) is 0.526. The molecule has 1 atom stereocenters. The average Bonchev–Trinajstić information content (AvgIpc) is 2.49. The number of carboxylic acids is 1. The maximum absolute atomic E-state index is 10.2. The van der Waals surface area contributed by atoms with E-state index in [0.717, 1.165) is 5.92 Å². The van der Waals surface area contributed by atoms with Crippen LogP contribution in [0.25, 0.3) is 0 Å². The molecule has 124 valence electrons. The minimum Gasteiger partial charge on any atom is -0.479 e. The number of hydrogen-bond donors (Lipinski definition) is 2. The third-order valence-corrected chi connectivity index (χ3v) is 4.57. The van der Waals surface area contributed by atoms with Crippen molar-refractivity contribution < 1.29 is 15.0 Å². The molecule has 0 unspecified atom stereocenters. The Balaban J connectivity index is 0.000000401. The standard InChI is InChI=1S/C11H22.C8H8O3/c1-7-11(8-2,9(3)4)10(5)6;9-7(8(10)11)6-4-2-1-3-5-6/h10H,3,7-8H2,1-2,4-6H3;1-5,7,9H,(H,10,11)/t;7-/m.0/s1. The lowest BCUT2D eigenvalue weighted by atomic mass is 9.68. The predicted octanol–water partition coefficient (Wildman–Crippen LogP) is 4.83. The van der Waals surface area contributed by atoms with Gasteiger partial charge in [0.25, 0.3) is 0 Å².